The summed E-state index contributed by atoms with van der Waals surface area (Å²) in [5.74, 6) is 0. The number of rotatable bonds is 1. The van der Waals surface area contributed by atoms with E-state index in [1.165, 1.54) is 0 Å². The van der Waals surface area contributed by atoms with E-state index in [9.17, 15) is 0 Å². The maximum atomic E-state index is 5.89. The molecule has 0 amide bonds. The van der Waals surface area contributed by atoms with Gasteiger partial charge in [0, 0.05) is 29.7 Å². The van der Waals surface area contributed by atoms with Gasteiger partial charge in [0.25, 0.3) is 0 Å². The largest absolute Gasteiger partial charge is 0.264 e. The lowest BCUT2D eigenvalue weighted by Gasteiger charge is -2.03. The molecule has 0 fully saturated rings. The van der Waals surface area contributed by atoms with Crippen molar-refractivity contribution < 1.29 is 0 Å². The molecule has 2 heterocycles. The van der Waals surface area contributed by atoms with Crippen LogP contribution in [0, 0.1) is 6.92 Å². The zero-order valence-corrected chi connectivity index (χ0v) is 9.55. The van der Waals surface area contributed by atoms with Gasteiger partial charge in [0.1, 0.15) is 5.15 Å². The minimum Gasteiger partial charge on any atom is -0.264 e. The standard InChI is InChI=1S/C11H8Cl2N2/c1-7-2-8(5-14-4-7)9-3-10(12)11(13)15-6-9/h2-6H,1H3. The van der Waals surface area contributed by atoms with Crippen molar-refractivity contribution in [3.05, 3.63) is 46.5 Å². The Morgan fingerprint density at radius 3 is 2.40 bits per heavy atom. The van der Waals surface area contributed by atoms with E-state index in [-0.39, 0.29) is 0 Å². The maximum Gasteiger partial charge on any atom is 0.147 e. The fourth-order valence-electron chi connectivity index (χ4n) is 1.29. The minimum atomic E-state index is 0.320. The van der Waals surface area contributed by atoms with Gasteiger partial charge < -0.3 is 0 Å². The molecule has 2 aromatic rings. The first-order valence-corrected chi connectivity index (χ1v) is 5.15. The third-order valence-corrected chi connectivity index (χ3v) is 2.69. The van der Waals surface area contributed by atoms with Crippen molar-refractivity contribution in [1.29, 1.82) is 0 Å². The summed E-state index contributed by atoms with van der Waals surface area (Å²) in [6.07, 6.45) is 5.26. The van der Waals surface area contributed by atoms with Gasteiger partial charge in [-0.1, -0.05) is 23.2 Å². The Bertz CT molecular complexity index is 498. The maximum absolute atomic E-state index is 5.89. The highest BCUT2D eigenvalue weighted by molar-refractivity contribution is 6.41. The molecule has 0 bridgehead atoms. The van der Waals surface area contributed by atoms with E-state index in [0.29, 0.717) is 10.2 Å². The van der Waals surface area contributed by atoms with Crippen LogP contribution in [0.3, 0.4) is 0 Å². The Balaban J connectivity index is 2.50. The monoisotopic (exact) mass is 238 g/mol. The van der Waals surface area contributed by atoms with E-state index < -0.39 is 0 Å². The molecule has 0 N–H and O–H groups in total. The van der Waals surface area contributed by atoms with Crippen LogP contribution in [0.25, 0.3) is 11.1 Å². The molecular weight excluding hydrogens is 231 g/mol. The third-order valence-electron chi connectivity index (χ3n) is 2.00. The highest BCUT2D eigenvalue weighted by atomic mass is 35.5. The second kappa shape index (κ2) is 4.17. The number of aromatic nitrogens is 2. The van der Waals surface area contributed by atoms with Crippen molar-refractivity contribution >= 4 is 23.2 Å². The molecule has 2 nitrogen and oxygen atoms in total. The van der Waals surface area contributed by atoms with Crippen LogP contribution in [0.4, 0.5) is 0 Å². The molecule has 0 aliphatic heterocycles. The molecule has 0 unspecified atom stereocenters. The van der Waals surface area contributed by atoms with Crippen LogP contribution in [0.1, 0.15) is 5.56 Å². The fourth-order valence-corrected chi connectivity index (χ4v) is 1.56. The van der Waals surface area contributed by atoms with Crippen LogP contribution in [0.15, 0.2) is 30.7 Å². The van der Waals surface area contributed by atoms with E-state index in [0.717, 1.165) is 16.7 Å². The molecule has 15 heavy (non-hydrogen) atoms. The number of pyridine rings is 2. The summed E-state index contributed by atoms with van der Waals surface area (Å²) in [4.78, 5) is 8.10. The van der Waals surface area contributed by atoms with Gasteiger partial charge >= 0.3 is 0 Å². The summed E-state index contributed by atoms with van der Waals surface area (Å²) in [6.45, 7) is 1.99. The molecule has 76 valence electrons. The molecule has 4 heteroatoms. The third kappa shape index (κ3) is 2.28. The van der Waals surface area contributed by atoms with Gasteiger partial charge in [-0.25, -0.2) is 4.98 Å². The molecule has 0 radical (unpaired) electrons. The smallest absolute Gasteiger partial charge is 0.147 e. The van der Waals surface area contributed by atoms with E-state index in [2.05, 4.69) is 9.97 Å². The lowest BCUT2D eigenvalue weighted by Crippen LogP contribution is -1.84. The highest BCUT2D eigenvalue weighted by Gasteiger charge is 2.03. The van der Waals surface area contributed by atoms with E-state index in [1.807, 2.05) is 13.0 Å². The van der Waals surface area contributed by atoms with Crippen molar-refractivity contribution in [3.63, 3.8) is 0 Å². The van der Waals surface area contributed by atoms with Crippen molar-refractivity contribution in [3.8, 4) is 11.1 Å². The highest BCUT2D eigenvalue weighted by Crippen LogP contribution is 2.26. The van der Waals surface area contributed by atoms with Gasteiger partial charge in [-0.3, -0.25) is 4.98 Å². The fraction of sp³-hybridized carbons (Fsp3) is 0.0909. The van der Waals surface area contributed by atoms with Crippen LogP contribution < -0.4 is 0 Å². The van der Waals surface area contributed by atoms with Gasteiger partial charge in [-0.15, -0.1) is 0 Å². The number of halogens is 2. The van der Waals surface area contributed by atoms with Gasteiger partial charge in [0.15, 0.2) is 0 Å². The van der Waals surface area contributed by atoms with Crippen LogP contribution >= 0.6 is 23.2 Å². The summed E-state index contributed by atoms with van der Waals surface area (Å²) >= 11 is 11.6. The molecule has 0 spiro atoms. The molecule has 2 rings (SSSR count). The first-order valence-electron chi connectivity index (χ1n) is 4.40. The molecule has 0 aliphatic rings. The van der Waals surface area contributed by atoms with Crippen LogP contribution in [0.5, 0.6) is 0 Å². The molecule has 0 aromatic carbocycles. The molecule has 0 saturated heterocycles. The van der Waals surface area contributed by atoms with Gasteiger partial charge in [0.05, 0.1) is 5.02 Å². The summed E-state index contributed by atoms with van der Waals surface area (Å²) in [5, 5.41) is 0.775. The predicted molar refractivity (Wildman–Crippen MR) is 62.2 cm³/mol. The SMILES string of the molecule is Cc1cncc(-c2cnc(Cl)c(Cl)c2)c1. The summed E-state index contributed by atoms with van der Waals surface area (Å²) < 4.78 is 0. The molecule has 0 saturated carbocycles. The van der Waals surface area contributed by atoms with E-state index in [4.69, 9.17) is 23.2 Å². The Morgan fingerprint density at radius 2 is 1.73 bits per heavy atom. The van der Waals surface area contributed by atoms with Crippen molar-refractivity contribution in [1.82, 2.24) is 9.97 Å². The first-order chi connectivity index (χ1) is 7.16. The zero-order valence-electron chi connectivity index (χ0n) is 8.04. The summed E-state index contributed by atoms with van der Waals surface area (Å²) in [5.41, 5.74) is 3.00. The molecule has 2 aromatic heterocycles. The number of nitrogens with zero attached hydrogens (tertiary/aromatic N) is 2. The van der Waals surface area contributed by atoms with Crippen molar-refractivity contribution in [2.45, 2.75) is 6.92 Å². The lowest BCUT2D eigenvalue weighted by atomic mass is 10.1. The Morgan fingerprint density at radius 1 is 1.00 bits per heavy atom. The number of aryl methyl sites for hydroxylation is 1. The first kappa shape index (κ1) is 10.4. The normalized spacial score (nSPS) is 10.3. The molecule has 0 atom stereocenters. The number of hydrogen-bond donors (Lipinski definition) is 0. The lowest BCUT2D eigenvalue weighted by molar-refractivity contribution is 1.26. The molecule has 0 aliphatic carbocycles. The average Bonchev–Trinajstić information content (AvgIpc) is 2.22. The van der Waals surface area contributed by atoms with Gasteiger partial charge in [-0.2, -0.15) is 0 Å². The molecular formula is C11H8Cl2N2. The topological polar surface area (TPSA) is 25.8 Å². The van der Waals surface area contributed by atoms with Crippen molar-refractivity contribution in [2.75, 3.05) is 0 Å². The van der Waals surface area contributed by atoms with Crippen LogP contribution in [-0.2, 0) is 0 Å². The quantitative estimate of drug-likeness (QED) is 0.708. The van der Waals surface area contributed by atoms with Crippen LogP contribution in [-0.4, -0.2) is 9.97 Å². The number of hydrogen-bond acceptors (Lipinski definition) is 2. The van der Waals surface area contributed by atoms with Crippen LogP contribution in [0.2, 0.25) is 10.2 Å². The van der Waals surface area contributed by atoms with Crippen molar-refractivity contribution in [2.24, 2.45) is 0 Å². The Labute approximate surface area is 97.9 Å². The minimum absolute atomic E-state index is 0.320. The van der Waals surface area contributed by atoms with Gasteiger partial charge in [-0.05, 0) is 24.6 Å². The predicted octanol–water partition coefficient (Wildman–Crippen LogP) is 3.76. The zero-order chi connectivity index (χ0) is 10.8. The van der Waals surface area contributed by atoms with E-state index in [1.54, 1.807) is 24.7 Å². The Kier molecular flexibility index (Phi) is 2.89. The average molecular weight is 239 g/mol. The van der Waals surface area contributed by atoms with E-state index >= 15 is 0 Å². The Hall–Kier alpha value is -1.12. The second-order valence-electron chi connectivity index (χ2n) is 3.25. The summed E-state index contributed by atoms with van der Waals surface area (Å²) in [6, 6.07) is 3.81. The second-order valence-corrected chi connectivity index (χ2v) is 4.01. The van der Waals surface area contributed by atoms with Gasteiger partial charge in [0.2, 0.25) is 0 Å². The summed E-state index contributed by atoms with van der Waals surface area (Å²) in [7, 11) is 0.